The van der Waals surface area contributed by atoms with E-state index in [-0.39, 0.29) is 6.61 Å². The van der Waals surface area contributed by atoms with Gasteiger partial charge in [0.2, 0.25) is 0 Å². The molecule has 1 heterocycles. The van der Waals surface area contributed by atoms with Crippen molar-refractivity contribution in [3.8, 4) is 0 Å². The van der Waals surface area contributed by atoms with Gasteiger partial charge in [0, 0.05) is 6.54 Å². The number of aliphatic hydroxyl groups is 1. The molecule has 0 aromatic rings. The number of carbonyl (C=O) groups excluding carboxylic acids is 2. The summed E-state index contributed by atoms with van der Waals surface area (Å²) in [6.45, 7) is 7.42. The summed E-state index contributed by atoms with van der Waals surface area (Å²) in [5.74, 6) is -0.589. The highest BCUT2D eigenvalue weighted by atomic mass is 16.6. The van der Waals surface area contributed by atoms with Crippen molar-refractivity contribution in [2.24, 2.45) is 0 Å². The smallest absolute Gasteiger partial charge is 0.411 e. The molecule has 0 saturated carbocycles. The molecule has 0 radical (unpaired) electrons. The van der Waals surface area contributed by atoms with E-state index in [0.29, 0.717) is 13.0 Å². The average Bonchev–Trinajstić information content (AvgIpc) is 2.58. The molecule has 1 aliphatic rings. The zero-order valence-electron chi connectivity index (χ0n) is 11.3. The van der Waals surface area contributed by atoms with Gasteiger partial charge in [-0.2, -0.15) is 0 Å². The average molecular weight is 259 g/mol. The molecule has 1 N–H and O–H groups in total. The molecule has 1 fully saturated rings. The van der Waals surface area contributed by atoms with Gasteiger partial charge < -0.3 is 14.6 Å². The number of aliphatic hydroxyl groups excluding tert-OH is 1. The molecular formula is C12H21NO5. The van der Waals surface area contributed by atoms with E-state index in [1.807, 2.05) is 0 Å². The van der Waals surface area contributed by atoms with Crippen molar-refractivity contribution >= 4 is 12.1 Å². The van der Waals surface area contributed by atoms with Crippen molar-refractivity contribution in [2.45, 2.75) is 51.9 Å². The molecular weight excluding hydrogens is 238 g/mol. The van der Waals surface area contributed by atoms with Crippen LogP contribution in [-0.2, 0) is 14.3 Å². The number of hydrogen-bond donors (Lipinski definition) is 1. The predicted molar refractivity (Wildman–Crippen MR) is 64.0 cm³/mol. The zero-order chi connectivity index (χ0) is 13.9. The molecule has 1 amide bonds. The number of nitrogens with zero attached hydrogens (tertiary/aromatic N) is 1. The van der Waals surface area contributed by atoms with E-state index >= 15 is 0 Å². The van der Waals surface area contributed by atoms with Crippen molar-refractivity contribution < 1.29 is 24.2 Å². The van der Waals surface area contributed by atoms with E-state index in [0.717, 1.165) is 0 Å². The number of esters is 1. The summed E-state index contributed by atoms with van der Waals surface area (Å²) < 4.78 is 10.1. The highest BCUT2D eigenvalue weighted by Gasteiger charge is 2.43. The molecule has 1 saturated heterocycles. The van der Waals surface area contributed by atoms with Gasteiger partial charge in [-0.05, 0) is 34.1 Å². The third-order valence-electron chi connectivity index (χ3n) is 2.52. The lowest BCUT2D eigenvalue weighted by Gasteiger charge is -2.28. The number of amides is 1. The molecule has 1 rings (SSSR count). The van der Waals surface area contributed by atoms with E-state index in [4.69, 9.17) is 9.47 Å². The summed E-state index contributed by atoms with van der Waals surface area (Å²) in [6, 6.07) is -0.959. The van der Waals surface area contributed by atoms with E-state index in [2.05, 4.69) is 0 Å². The Balaban J connectivity index is 2.74. The van der Waals surface area contributed by atoms with Gasteiger partial charge in [-0.3, -0.25) is 4.90 Å². The Bertz CT molecular complexity index is 323. The highest BCUT2D eigenvalue weighted by Crippen LogP contribution is 2.22. The molecule has 2 atom stereocenters. The van der Waals surface area contributed by atoms with Crippen LogP contribution >= 0.6 is 0 Å². The summed E-state index contributed by atoms with van der Waals surface area (Å²) >= 11 is 0. The quantitative estimate of drug-likeness (QED) is 0.746. The first kappa shape index (κ1) is 14.8. The first-order valence-corrected chi connectivity index (χ1v) is 6.10. The Labute approximate surface area is 107 Å². The van der Waals surface area contributed by atoms with E-state index in [1.54, 1.807) is 27.7 Å². The van der Waals surface area contributed by atoms with E-state index < -0.39 is 29.8 Å². The molecule has 0 aromatic carbocycles. The van der Waals surface area contributed by atoms with Crippen LogP contribution in [0.25, 0.3) is 0 Å². The second-order valence-corrected chi connectivity index (χ2v) is 5.23. The van der Waals surface area contributed by atoms with Crippen LogP contribution in [0.3, 0.4) is 0 Å². The minimum absolute atomic E-state index is 0.213. The fourth-order valence-corrected chi connectivity index (χ4v) is 1.81. The maximum absolute atomic E-state index is 11.9. The maximum atomic E-state index is 11.9. The topological polar surface area (TPSA) is 76.1 Å². The molecule has 6 heteroatoms. The number of rotatable bonds is 2. The summed E-state index contributed by atoms with van der Waals surface area (Å²) in [6.07, 6.45) is -1.14. The molecule has 1 aliphatic heterocycles. The lowest BCUT2D eigenvalue weighted by atomic mass is 10.2. The lowest BCUT2D eigenvalue weighted by molar-refractivity contribution is -0.151. The van der Waals surface area contributed by atoms with Gasteiger partial charge in [0.15, 0.2) is 6.04 Å². The van der Waals surface area contributed by atoms with Gasteiger partial charge in [-0.25, -0.2) is 9.59 Å². The Hall–Kier alpha value is -1.30. The second-order valence-electron chi connectivity index (χ2n) is 5.23. The molecule has 18 heavy (non-hydrogen) atoms. The van der Waals surface area contributed by atoms with Crippen LogP contribution in [0.2, 0.25) is 0 Å². The number of hydrogen-bond acceptors (Lipinski definition) is 5. The van der Waals surface area contributed by atoms with Crippen LogP contribution < -0.4 is 0 Å². The summed E-state index contributed by atoms with van der Waals surface area (Å²) in [4.78, 5) is 24.8. The fourth-order valence-electron chi connectivity index (χ4n) is 1.81. The third-order valence-corrected chi connectivity index (χ3v) is 2.52. The van der Waals surface area contributed by atoms with Gasteiger partial charge in [0.1, 0.15) is 5.60 Å². The van der Waals surface area contributed by atoms with Gasteiger partial charge >= 0.3 is 12.1 Å². The lowest BCUT2D eigenvalue weighted by Crippen LogP contribution is -2.47. The summed E-state index contributed by atoms with van der Waals surface area (Å²) in [7, 11) is 0. The number of ether oxygens (including phenoxy) is 2. The summed E-state index contributed by atoms with van der Waals surface area (Å²) in [5.41, 5.74) is -0.635. The largest absolute Gasteiger partial charge is 0.464 e. The molecule has 0 bridgehead atoms. The molecule has 0 spiro atoms. The van der Waals surface area contributed by atoms with E-state index in [1.165, 1.54) is 4.90 Å². The van der Waals surface area contributed by atoms with Crippen LogP contribution in [0.15, 0.2) is 0 Å². The standard InChI is InChI=1S/C12H21NO5/c1-5-17-10(15)9-8(14)6-7-13(9)11(16)18-12(2,3)4/h8-9,14H,5-7H2,1-4H3/t8-,9+/m0/s1. The normalized spacial score (nSPS) is 23.9. The van der Waals surface area contributed by atoms with Crippen molar-refractivity contribution in [3.05, 3.63) is 0 Å². The van der Waals surface area contributed by atoms with Crippen molar-refractivity contribution in [2.75, 3.05) is 13.2 Å². The second kappa shape index (κ2) is 5.56. The third kappa shape index (κ3) is 3.60. The minimum atomic E-state index is -0.959. The molecule has 0 unspecified atom stereocenters. The molecule has 0 aromatic heterocycles. The first-order chi connectivity index (χ1) is 8.26. The van der Waals surface area contributed by atoms with Crippen LogP contribution in [0, 0.1) is 0 Å². The predicted octanol–water partition coefficient (Wildman–Crippen LogP) is 0.920. The number of carbonyl (C=O) groups is 2. The Morgan fingerprint density at radius 1 is 1.39 bits per heavy atom. The SMILES string of the molecule is CCOC(=O)[C@H]1[C@@H](O)CCN1C(=O)OC(C)(C)C. The molecule has 6 nitrogen and oxygen atoms in total. The Kier molecular flexibility index (Phi) is 4.56. The van der Waals surface area contributed by atoms with Crippen molar-refractivity contribution in [1.29, 1.82) is 0 Å². The minimum Gasteiger partial charge on any atom is -0.464 e. The van der Waals surface area contributed by atoms with Gasteiger partial charge in [0.05, 0.1) is 12.7 Å². The van der Waals surface area contributed by atoms with Gasteiger partial charge in [-0.15, -0.1) is 0 Å². The van der Waals surface area contributed by atoms with Gasteiger partial charge in [-0.1, -0.05) is 0 Å². The van der Waals surface area contributed by atoms with Crippen LogP contribution in [0.4, 0.5) is 4.79 Å². The monoisotopic (exact) mass is 259 g/mol. The zero-order valence-corrected chi connectivity index (χ0v) is 11.3. The number of likely N-dealkylation sites (tertiary alicyclic amines) is 1. The van der Waals surface area contributed by atoms with Crippen LogP contribution in [0.5, 0.6) is 0 Å². The van der Waals surface area contributed by atoms with Crippen molar-refractivity contribution in [3.63, 3.8) is 0 Å². The van der Waals surface area contributed by atoms with Gasteiger partial charge in [0.25, 0.3) is 0 Å². The molecule has 0 aliphatic carbocycles. The fraction of sp³-hybridized carbons (Fsp3) is 0.833. The first-order valence-electron chi connectivity index (χ1n) is 6.10. The highest BCUT2D eigenvalue weighted by molar-refractivity contribution is 5.83. The van der Waals surface area contributed by atoms with Crippen LogP contribution in [0.1, 0.15) is 34.1 Å². The summed E-state index contributed by atoms with van der Waals surface area (Å²) in [5, 5.41) is 9.75. The van der Waals surface area contributed by atoms with Crippen molar-refractivity contribution in [1.82, 2.24) is 4.90 Å². The molecule has 104 valence electrons. The van der Waals surface area contributed by atoms with Crippen LogP contribution in [-0.4, -0.2) is 53.0 Å². The van der Waals surface area contributed by atoms with E-state index in [9.17, 15) is 14.7 Å². The Morgan fingerprint density at radius 2 is 2.00 bits per heavy atom. The maximum Gasteiger partial charge on any atom is 0.411 e. The Morgan fingerprint density at radius 3 is 2.50 bits per heavy atom.